The number of carbonyl (C=O) groups excluding carboxylic acids is 1. The van der Waals surface area contributed by atoms with E-state index in [1.165, 1.54) is 7.11 Å². The number of rotatable bonds is 13. The highest BCUT2D eigenvalue weighted by molar-refractivity contribution is 6.42. The molecule has 2 aromatic heterocycles. The van der Waals surface area contributed by atoms with Gasteiger partial charge in [-0.15, -0.1) is 0 Å². The molecule has 9 nitrogen and oxygen atoms in total. The molecule has 272 valence electrons. The Balaban J connectivity index is 1.20. The monoisotopic (exact) mass is 780 g/mol. The molecule has 52 heavy (non-hydrogen) atoms. The number of imidazole rings is 1. The number of hydrogen-bond donors (Lipinski definition) is 0. The molecular weight excluding hydrogens is 742 g/mol. The summed E-state index contributed by atoms with van der Waals surface area (Å²) in [7, 11) is 1.50. The van der Waals surface area contributed by atoms with Crippen LogP contribution in [-0.4, -0.2) is 75.4 Å². The Morgan fingerprint density at radius 2 is 1.65 bits per heavy atom. The highest BCUT2D eigenvalue weighted by Gasteiger charge is 2.29. The van der Waals surface area contributed by atoms with Crippen molar-refractivity contribution in [1.29, 1.82) is 0 Å². The number of piperidine rings is 1. The predicted octanol–water partition coefficient (Wildman–Crippen LogP) is 8.84. The summed E-state index contributed by atoms with van der Waals surface area (Å²) in [6, 6.07) is 24.2. The van der Waals surface area contributed by atoms with Gasteiger partial charge in [0.05, 0.1) is 45.6 Å². The van der Waals surface area contributed by atoms with Gasteiger partial charge < -0.3 is 14.6 Å². The molecule has 1 fully saturated rings. The highest BCUT2D eigenvalue weighted by atomic mass is 35.5. The fourth-order valence-electron chi connectivity index (χ4n) is 7.06. The van der Waals surface area contributed by atoms with Gasteiger partial charge in [-0.2, -0.15) is 0 Å². The van der Waals surface area contributed by atoms with Crippen molar-refractivity contribution < 1.29 is 9.63 Å². The molecule has 0 N–H and O–H groups in total. The van der Waals surface area contributed by atoms with E-state index < -0.39 is 0 Å². The molecule has 1 aliphatic heterocycles. The Labute approximate surface area is 323 Å². The summed E-state index contributed by atoms with van der Waals surface area (Å²) in [5.74, 6) is -0.452. The zero-order chi connectivity index (χ0) is 36.8. The average molecular weight is 783 g/mol. The molecule has 1 atom stereocenters. The van der Waals surface area contributed by atoms with Crippen LogP contribution in [0, 0.1) is 0 Å². The molecule has 1 amide bonds. The van der Waals surface area contributed by atoms with E-state index in [9.17, 15) is 9.59 Å². The Morgan fingerprint density at radius 3 is 2.31 bits per heavy atom. The molecule has 0 unspecified atom stereocenters. The van der Waals surface area contributed by atoms with E-state index in [0.717, 1.165) is 54.8 Å². The Bertz CT molecular complexity index is 2090. The molecule has 5 aromatic rings. The lowest BCUT2D eigenvalue weighted by Crippen LogP contribution is -2.40. The number of hydrogen-bond acceptors (Lipinski definition) is 6. The van der Waals surface area contributed by atoms with Crippen LogP contribution >= 0.6 is 46.4 Å². The number of oxime groups is 1. The maximum atomic E-state index is 13.9. The standard InChI is InChI=1S/C39H40Cl4N6O3/c1-3-47(38(50)27-20-28(40)23-29(41)21-27)25-35(45-52-2)32(26-11-12-33(42)34(43)22-26)15-19-46-17-13-31(14-18-46)49-37-10-5-4-9-36(37)48(39(49)51)24-30-8-6-7-16-44-30/h4-12,16,20-23,31-32H,3,13-15,17-19,24-25H2,1-2H3/b45-35+/t32-/m1/s1. The first-order valence-corrected chi connectivity index (χ1v) is 18.8. The fourth-order valence-corrected chi connectivity index (χ4v) is 7.89. The normalized spacial score (nSPS) is 14.8. The van der Waals surface area contributed by atoms with Crippen molar-refractivity contribution >= 4 is 69.1 Å². The molecule has 1 aliphatic rings. The number of carbonyl (C=O) groups is 1. The van der Waals surface area contributed by atoms with Crippen LogP contribution in [0.3, 0.4) is 0 Å². The van der Waals surface area contributed by atoms with Crippen LogP contribution in [0.5, 0.6) is 0 Å². The van der Waals surface area contributed by atoms with Gasteiger partial charge in [0.2, 0.25) is 0 Å². The second-order valence-electron chi connectivity index (χ2n) is 12.9. The molecule has 0 saturated carbocycles. The first-order valence-electron chi connectivity index (χ1n) is 17.3. The molecular formula is C39H40Cl4N6O3. The van der Waals surface area contributed by atoms with Crippen molar-refractivity contribution in [1.82, 2.24) is 23.9 Å². The maximum Gasteiger partial charge on any atom is 0.329 e. The molecule has 6 rings (SSSR count). The summed E-state index contributed by atoms with van der Waals surface area (Å²) >= 11 is 25.3. The minimum Gasteiger partial charge on any atom is -0.399 e. The predicted molar refractivity (Wildman–Crippen MR) is 211 cm³/mol. The number of likely N-dealkylation sites (tertiary alicyclic amines) is 1. The molecule has 0 bridgehead atoms. The van der Waals surface area contributed by atoms with E-state index in [4.69, 9.17) is 51.2 Å². The van der Waals surface area contributed by atoms with Crippen molar-refractivity contribution in [2.24, 2.45) is 5.16 Å². The molecule has 1 saturated heterocycles. The van der Waals surface area contributed by atoms with Gasteiger partial charge in [0, 0.05) is 53.4 Å². The van der Waals surface area contributed by atoms with E-state index in [2.05, 4.69) is 15.0 Å². The number of pyridine rings is 1. The summed E-state index contributed by atoms with van der Waals surface area (Å²) in [5, 5.41) is 6.13. The van der Waals surface area contributed by atoms with Crippen LogP contribution in [0.2, 0.25) is 20.1 Å². The number of aromatic nitrogens is 3. The molecule has 3 heterocycles. The Kier molecular flexibility index (Phi) is 12.6. The zero-order valence-corrected chi connectivity index (χ0v) is 32.0. The minimum absolute atomic E-state index is 0.0135. The van der Waals surface area contributed by atoms with E-state index >= 15 is 0 Å². The van der Waals surface area contributed by atoms with Gasteiger partial charge in [0.15, 0.2) is 0 Å². The number of para-hydroxylation sites is 2. The molecule has 0 aliphatic carbocycles. The lowest BCUT2D eigenvalue weighted by Gasteiger charge is -2.34. The number of fused-ring (bicyclic) bond motifs is 1. The largest absolute Gasteiger partial charge is 0.399 e. The number of halogens is 4. The summed E-state index contributed by atoms with van der Waals surface area (Å²) < 4.78 is 3.80. The smallest absolute Gasteiger partial charge is 0.329 e. The van der Waals surface area contributed by atoms with Gasteiger partial charge >= 0.3 is 5.69 Å². The van der Waals surface area contributed by atoms with E-state index in [0.29, 0.717) is 50.9 Å². The summed E-state index contributed by atoms with van der Waals surface area (Å²) in [6.07, 6.45) is 4.09. The Morgan fingerprint density at radius 1 is 0.942 bits per heavy atom. The van der Waals surface area contributed by atoms with E-state index in [1.54, 1.807) is 35.4 Å². The highest BCUT2D eigenvalue weighted by Crippen LogP contribution is 2.32. The van der Waals surface area contributed by atoms with Crippen molar-refractivity contribution in [3.05, 3.63) is 132 Å². The number of amides is 1. The van der Waals surface area contributed by atoms with Crippen LogP contribution in [0.4, 0.5) is 0 Å². The van der Waals surface area contributed by atoms with Gasteiger partial charge in [-0.3, -0.25) is 18.9 Å². The van der Waals surface area contributed by atoms with Gasteiger partial charge in [0.1, 0.15) is 7.11 Å². The topological polar surface area (TPSA) is 85.0 Å². The third-order valence-corrected chi connectivity index (χ3v) is 10.8. The van der Waals surface area contributed by atoms with Crippen LogP contribution in [0.15, 0.2) is 95.0 Å². The molecule has 0 radical (unpaired) electrons. The van der Waals surface area contributed by atoms with Gasteiger partial charge in [-0.05, 0) is 92.9 Å². The second-order valence-corrected chi connectivity index (χ2v) is 14.6. The number of nitrogens with zero attached hydrogens (tertiary/aromatic N) is 6. The van der Waals surface area contributed by atoms with Crippen molar-refractivity contribution in [2.75, 3.05) is 39.8 Å². The lowest BCUT2D eigenvalue weighted by atomic mass is 9.89. The summed E-state index contributed by atoms with van der Waals surface area (Å²) in [6.45, 7) is 5.35. The number of benzene rings is 3. The summed E-state index contributed by atoms with van der Waals surface area (Å²) in [4.78, 5) is 41.5. The lowest BCUT2D eigenvalue weighted by molar-refractivity contribution is 0.0784. The first kappa shape index (κ1) is 37.9. The third-order valence-electron chi connectivity index (χ3n) is 9.66. The van der Waals surface area contributed by atoms with Crippen LogP contribution in [0.1, 0.15) is 59.8 Å². The quantitative estimate of drug-likeness (QED) is 0.0881. The molecule has 0 spiro atoms. The fraction of sp³-hybridized carbons (Fsp3) is 0.333. The SMILES string of the molecule is CCN(C/C(=N\OC)[C@H](CCN1CCC(n2c(=O)n(Cc3ccccn3)c3ccccc32)CC1)c1ccc(Cl)c(Cl)c1)C(=O)c1cc(Cl)cc(Cl)c1. The van der Waals surface area contributed by atoms with E-state index in [1.807, 2.05) is 70.7 Å². The third kappa shape index (κ3) is 8.67. The average Bonchev–Trinajstić information content (AvgIpc) is 3.42. The Hall–Kier alpha value is -3.86. The maximum absolute atomic E-state index is 13.9. The minimum atomic E-state index is -0.232. The van der Waals surface area contributed by atoms with E-state index in [-0.39, 0.29) is 30.1 Å². The van der Waals surface area contributed by atoms with Crippen LogP contribution in [-0.2, 0) is 11.4 Å². The molecule has 13 heteroatoms. The van der Waals surface area contributed by atoms with Crippen LogP contribution in [0.25, 0.3) is 11.0 Å². The van der Waals surface area contributed by atoms with Gasteiger partial charge in [-0.1, -0.05) is 75.8 Å². The van der Waals surface area contributed by atoms with Gasteiger partial charge in [-0.25, -0.2) is 4.79 Å². The van der Waals surface area contributed by atoms with Crippen molar-refractivity contribution in [2.45, 2.75) is 44.7 Å². The van der Waals surface area contributed by atoms with Crippen LogP contribution < -0.4 is 5.69 Å². The zero-order valence-electron chi connectivity index (χ0n) is 29.0. The van der Waals surface area contributed by atoms with Gasteiger partial charge in [0.25, 0.3) is 5.91 Å². The summed E-state index contributed by atoms with van der Waals surface area (Å²) in [5.41, 5.74) is 4.66. The molecule has 3 aromatic carbocycles. The second kappa shape index (κ2) is 17.3. The van der Waals surface area contributed by atoms with Crippen molar-refractivity contribution in [3.63, 3.8) is 0 Å². The first-order chi connectivity index (χ1) is 25.2. The van der Waals surface area contributed by atoms with Crippen molar-refractivity contribution in [3.8, 4) is 0 Å².